The molecule has 0 radical (unpaired) electrons. The average Bonchev–Trinajstić information content (AvgIpc) is 2.18. The van der Waals surface area contributed by atoms with E-state index in [-0.39, 0.29) is 6.42 Å². The zero-order valence-corrected chi connectivity index (χ0v) is 7.62. The van der Waals surface area contributed by atoms with Crippen LogP contribution in [0.5, 0.6) is 0 Å². The van der Waals surface area contributed by atoms with Crippen molar-refractivity contribution in [2.75, 3.05) is 0 Å². The van der Waals surface area contributed by atoms with Gasteiger partial charge >= 0.3 is 0 Å². The minimum absolute atomic E-state index is 0.285. The Bertz CT molecular complexity index is 452. The van der Waals surface area contributed by atoms with E-state index in [0.29, 0.717) is 5.84 Å². The molecule has 1 aliphatic heterocycles. The molecule has 1 heterocycles. The van der Waals surface area contributed by atoms with Crippen molar-refractivity contribution < 1.29 is 0 Å². The summed E-state index contributed by atoms with van der Waals surface area (Å²) in [6.45, 7) is 3.89. The van der Waals surface area contributed by atoms with Gasteiger partial charge in [0.2, 0.25) is 0 Å². The van der Waals surface area contributed by atoms with Gasteiger partial charge in [0.15, 0.2) is 0 Å². The van der Waals surface area contributed by atoms with Crippen LogP contribution in [-0.2, 0) is 0 Å². The highest BCUT2D eigenvalue weighted by Crippen LogP contribution is 2.27. The molecule has 0 atom stereocenters. The fourth-order valence-corrected chi connectivity index (χ4v) is 1.40. The zero-order chi connectivity index (χ0) is 9.97. The van der Waals surface area contributed by atoms with Crippen LogP contribution in [0.4, 0.5) is 5.69 Å². The van der Waals surface area contributed by atoms with Crippen LogP contribution in [-0.4, -0.2) is 5.84 Å². The number of rotatable bonds is 1. The van der Waals surface area contributed by atoms with Gasteiger partial charge in [-0.2, -0.15) is 5.26 Å². The van der Waals surface area contributed by atoms with Gasteiger partial charge in [0.05, 0.1) is 18.2 Å². The highest BCUT2D eigenvalue weighted by Gasteiger charge is 2.12. The highest BCUT2D eigenvalue weighted by atomic mass is 15.0. The lowest BCUT2D eigenvalue weighted by atomic mass is 10.1. The van der Waals surface area contributed by atoms with Gasteiger partial charge in [0, 0.05) is 11.3 Å². The number of nitrogens with zero attached hydrogens (tertiary/aromatic N) is 2. The van der Waals surface area contributed by atoms with Gasteiger partial charge < -0.3 is 5.32 Å². The topological polar surface area (TPSA) is 48.2 Å². The van der Waals surface area contributed by atoms with E-state index in [1.54, 1.807) is 0 Å². The van der Waals surface area contributed by atoms with Crippen LogP contribution >= 0.6 is 0 Å². The number of aliphatic imine (C=N–C) groups is 1. The molecule has 3 heteroatoms. The van der Waals surface area contributed by atoms with Crippen LogP contribution in [0.25, 0.3) is 5.70 Å². The Morgan fingerprint density at radius 3 is 3.00 bits per heavy atom. The molecule has 0 aliphatic carbocycles. The number of nitriles is 1. The first-order valence-electron chi connectivity index (χ1n) is 4.31. The molecule has 1 N–H and O–H groups in total. The molecule has 1 aromatic rings. The predicted molar refractivity (Wildman–Crippen MR) is 55.9 cm³/mol. The maximum absolute atomic E-state index is 8.55. The Hall–Kier alpha value is -2.08. The lowest BCUT2D eigenvalue weighted by Gasteiger charge is -2.17. The molecule has 1 aromatic carbocycles. The molecule has 0 amide bonds. The monoisotopic (exact) mass is 183 g/mol. The molecule has 3 nitrogen and oxygen atoms in total. The van der Waals surface area contributed by atoms with E-state index in [1.807, 2.05) is 24.3 Å². The second-order valence-electron chi connectivity index (χ2n) is 3.01. The summed E-state index contributed by atoms with van der Waals surface area (Å²) in [6, 6.07) is 9.79. The maximum atomic E-state index is 8.55. The molecular weight excluding hydrogens is 174 g/mol. The van der Waals surface area contributed by atoms with Gasteiger partial charge in [-0.05, 0) is 6.07 Å². The molecule has 0 saturated heterocycles. The summed E-state index contributed by atoms with van der Waals surface area (Å²) in [4.78, 5) is 4.31. The molecular formula is C11H9N3. The van der Waals surface area contributed by atoms with Crippen LogP contribution in [0, 0.1) is 11.3 Å². The molecule has 14 heavy (non-hydrogen) atoms. The van der Waals surface area contributed by atoms with Crippen LogP contribution < -0.4 is 5.32 Å². The number of amidine groups is 1. The van der Waals surface area contributed by atoms with Crippen molar-refractivity contribution in [1.29, 1.82) is 5.26 Å². The molecule has 0 aromatic heterocycles. The van der Waals surface area contributed by atoms with Gasteiger partial charge in [0.25, 0.3) is 0 Å². The van der Waals surface area contributed by atoms with Gasteiger partial charge in [-0.3, -0.25) is 0 Å². The maximum Gasteiger partial charge on any atom is 0.121 e. The van der Waals surface area contributed by atoms with Crippen molar-refractivity contribution >= 4 is 17.2 Å². The van der Waals surface area contributed by atoms with Crippen LogP contribution in [0.15, 0.2) is 35.8 Å². The molecule has 2 rings (SSSR count). The Labute approximate surface area is 82.4 Å². The average molecular weight is 183 g/mol. The first-order chi connectivity index (χ1) is 6.81. The van der Waals surface area contributed by atoms with E-state index in [4.69, 9.17) is 5.26 Å². The number of nitrogens with one attached hydrogen (secondary N) is 1. The Morgan fingerprint density at radius 1 is 1.43 bits per heavy atom. The third-order valence-electron chi connectivity index (χ3n) is 2.03. The van der Waals surface area contributed by atoms with Crippen LogP contribution in [0.2, 0.25) is 0 Å². The summed E-state index contributed by atoms with van der Waals surface area (Å²) < 4.78 is 0. The molecule has 0 fully saturated rings. The van der Waals surface area contributed by atoms with Crippen molar-refractivity contribution in [3.05, 3.63) is 36.4 Å². The fourth-order valence-electron chi connectivity index (χ4n) is 1.40. The van der Waals surface area contributed by atoms with E-state index in [9.17, 15) is 0 Å². The van der Waals surface area contributed by atoms with Gasteiger partial charge in [-0.25, -0.2) is 4.99 Å². The smallest absolute Gasteiger partial charge is 0.121 e. The minimum Gasteiger partial charge on any atom is -0.343 e. The number of fused-ring (bicyclic) bond motifs is 1. The molecule has 0 unspecified atom stereocenters. The van der Waals surface area contributed by atoms with Gasteiger partial charge in [-0.15, -0.1) is 0 Å². The minimum atomic E-state index is 0.285. The summed E-state index contributed by atoms with van der Waals surface area (Å²) >= 11 is 0. The van der Waals surface area contributed by atoms with Crippen molar-refractivity contribution in [3.63, 3.8) is 0 Å². The van der Waals surface area contributed by atoms with Crippen LogP contribution in [0.3, 0.4) is 0 Å². The van der Waals surface area contributed by atoms with Crippen molar-refractivity contribution in [2.45, 2.75) is 6.42 Å². The van der Waals surface area contributed by atoms with E-state index < -0.39 is 0 Å². The standard InChI is InChI=1S/C11H9N3/c1-8-9-4-2-3-5-10(9)14-11(13-8)6-7-12/h2-5H,1,6H2,(H,13,14). The molecule has 68 valence electrons. The second-order valence-corrected chi connectivity index (χ2v) is 3.01. The molecule has 0 spiro atoms. The Morgan fingerprint density at radius 2 is 2.21 bits per heavy atom. The van der Waals surface area contributed by atoms with E-state index in [1.165, 1.54) is 0 Å². The van der Waals surface area contributed by atoms with E-state index in [0.717, 1.165) is 16.9 Å². The number of hydrogen-bond acceptors (Lipinski definition) is 3. The van der Waals surface area contributed by atoms with E-state index >= 15 is 0 Å². The lowest BCUT2D eigenvalue weighted by Crippen LogP contribution is -2.23. The highest BCUT2D eigenvalue weighted by molar-refractivity contribution is 5.98. The lowest BCUT2D eigenvalue weighted by molar-refractivity contribution is 1.17. The summed E-state index contributed by atoms with van der Waals surface area (Å²) in [5, 5.41) is 11.6. The number of para-hydroxylation sites is 1. The Balaban J connectivity index is 2.46. The molecule has 0 bridgehead atoms. The number of hydrogen-bond donors (Lipinski definition) is 1. The predicted octanol–water partition coefficient (Wildman–Crippen LogP) is 2.20. The van der Waals surface area contributed by atoms with Crippen molar-refractivity contribution in [2.24, 2.45) is 4.99 Å². The summed E-state index contributed by atoms with van der Waals surface area (Å²) in [5.41, 5.74) is 2.68. The summed E-state index contributed by atoms with van der Waals surface area (Å²) in [5.74, 6) is 0.663. The number of benzene rings is 1. The third-order valence-corrected chi connectivity index (χ3v) is 2.03. The summed E-state index contributed by atoms with van der Waals surface area (Å²) in [7, 11) is 0. The SMILES string of the molecule is C=C1NC(CC#N)=Nc2ccccc21. The van der Waals surface area contributed by atoms with Gasteiger partial charge in [-0.1, -0.05) is 24.8 Å². The summed E-state index contributed by atoms with van der Waals surface area (Å²) in [6.07, 6.45) is 0.285. The second kappa shape index (κ2) is 3.35. The van der Waals surface area contributed by atoms with Crippen molar-refractivity contribution in [1.82, 2.24) is 5.32 Å². The normalized spacial score (nSPS) is 13.6. The zero-order valence-electron chi connectivity index (χ0n) is 7.62. The fraction of sp³-hybridized carbons (Fsp3) is 0.0909. The first-order valence-corrected chi connectivity index (χ1v) is 4.31. The molecule has 1 aliphatic rings. The van der Waals surface area contributed by atoms with Crippen LogP contribution in [0.1, 0.15) is 12.0 Å². The first kappa shape index (κ1) is 8.52. The van der Waals surface area contributed by atoms with Crippen molar-refractivity contribution in [3.8, 4) is 6.07 Å². The Kier molecular flexibility index (Phi) is 2.04. The quantitative estimate of drug-likeness (QED) is 0.725. The largest absolute Gasteiger partial charge is 0.343 e. The third kappa shape index (κ3) is 1.38. The molecule has 0 saturated carbocycles. The van der Waals surface area contributed by atoms with Gasteiger partial charge in [0.1, 0.15) is 5.84 Å². The van der Waals surface area contributed by atoms with E-state index in [2.05, 4.69) is 23.0 Å².